The van der Waals surface area contributed by atoms with E-state index in [1.54, 1.807) is 0 Å². The van der Waals surface area contributed by atoms with Crippen LogP contribution in [0.25, 0.3) is 0 Å². The second kappa shape index (κ2) is 5.06. The van der Waals surface area contributed by atoms with Crippen molar-refractivity contribution < 1.29 is 19.4 Å². The predicted molar refractivity (Wildman–Crippen MR) is 89.1 cm³/mol. The average molecular weight is 334 g/mol. The van der Waals surface area contributed by atoms with Gasteiger partial charge in [0.2, 0.25) is 0 Å². The topological polar surface area (TPSA) is 63.6 Å². The van der Waals surface area contributed by atoms with Crippen molar-refractivity contribution in [1.29, 1.82) is 0 Å². The highest BCUT2D eigenvalue weighted by molar-refractivity contribution is 5.84. The lowest BCUT2D eigenvalue weighted by Gasteiger charge is -2.67. The highest BCUT2D eigenvalue weighted by Gasteiger charge is 2.67. The van der Waals surface area contributed by atoms with E-state index >= 15 is 0 Å². The van der Waals surface area contributed by atoms with Gasteiger partial charge in [0.1, 0.15) is 5.78 Å². The lowest BCUT2D eigenvalue weighted by Crippen LogP contribution is -2.64. The molecule has 0 unspecified atom stereocenters. The SMILES string of the molecule is COC(=O)[C@]1(C)CCC[C@@]2(C)[C@H]1CC[C@@]13CC(=O)[C@@H](C[C@@H]12)[C@H](O)C3. The monoisotopic (exact) mass is 334 g/mol. The van der Waals surface area contributed by atoms with Gasteiger partial charge in [-0.05, 0) is 68.1 Å². The van der Waals surface area contributed by atoms with Gasteiger partial charge in [-0.2, -0.15) is 0 Å². The summed E-state index contributed by atoms with van der Waals surface area (Å²) in [5, 5.41) is 10.4. The van der Waals surface area contributed by atoms with Crippen LogP contribution in [-0.2, 0) is 14.3 Å². The Morgan fingerprint density at radius 3 is 2.62 bits per heavy atom. The molecule has 1 spiro atoms. The number of aliphatic hydroxyl groups is 1. The fourth-order valence-corrected chi connectivity index (χ4v) is 7.60. The second-order valence-electron chi connectivity index (χ2n) is 9.53. The minimum atomic E-state index is -0.446. The maximum Gasteiger partial charge on any atom is 0.311 e. The van der Waals surface area contributed by atoms with Gasteiger partial charge in [-0.1, -0.05) is 13.3 Å². The summed E-state index contributed by atoms with van der Waals surface area (Å²) in [5.41, 5.74) is -0.341. The molecule has 5 fully saturated rings. The summed E-state index contributed by atoms with van der Waals surface area (Å²) >= 11 is 0. The van der Waals surface area contributed by atoms with Crippen LogP contribution in [0.4, 0.5) is 0 Å². The van der Waals surface area contributed by atoms with E-state index in [1.165, 1.54) is 7.11 Å². The average Bonchev–Trinajstić information content (AvgIpc) is 2.52. The molecule has 134 valence electrons. The Morgan fingerprint density at radius 2 is 1.96 bits per heavy atom. The highest BCUT2D eigenvalue weighted by Crippen LogP contribution is 2.70. The van der Waals surface area contributed by atoms with Crippen molar-refractivity contribution in [3.8, 4) is 0 Å². The van der Waals surface area contributed by atoms with Gasteiger partial charge >= 0.3 is 5.97 Å². The van der Waals surface area contributed by atoms with Crippen LogP contribution in [0.5, 0.6) is 0 Å². The van der Waals surface area contributed by atoms with Crippen LogP contribution in [0, 0.1) is 34.0 Å². The molecule has 24 heavy (non-hydrogen) atoms. The molecular weight excluding hydrogens is 304 g/mol. The zero-order valence-electron chi connectivity index (χ0n) is 15.1. The first-order chi connectivity index (χ1) is 11.3. The van der Waals surface area contributed by atoms with Crippen LogP contribution in [-0.4, -0.2) is 30.1 Å². The van der Waals surface area contributed by atoms with Gasteiger partial charge in [-0.25, -0.2) is 0 Å². The Balaban J connectivity index is 1.74. The first kappa shape index (κ1) is 16.6. The van der Waals surface area contributed by atoms with Gasteiger partial charge in [0.25, 0.3) is 0 Å². The Hall–Kier alpha value is -0.900. The Kier molecular flexibility index (Phi) is 3.49. The van der Waals surface area contributed by atoms with Crippen LogP contribution >= 0.6 is 0 Å². The van der Waals surface area contributed by atoms with Gasteiger partial charge < -0.3 is 9.84 Å². The van der Waals surface area contributed by atoms with E-state index in [0.29, 0.717) is 18.3 Å². The Bertz CT molecular complexity index is 586. The number of carbonyl (C=O) groups excluding carboxylic acids is 2. The largest absolute Gasteiger partial charge is 0.469 e. The van der Waals surface area contributed by atoms with Gasteiger partial charge in [-0.3, -0.25) is 9.59 Å². The van der Waals surface area contributed by atoms with Crippen molar-refractivity contribution in [3.63, 3.8) is 0 Å². The lowest BCUT2D eigenvalue weighted by molar-refractivity contribution is -0.211. The summed E-state index contributed by atoms with van der Waals surface area (Å²) in [6.45, 7) is 4.46. The van der Waals surface area contributed by atoms with Crippen molar-refractivity contribution in [2.75, 3.05) is 7.11 Å². The number of carbonyl (C=O) groups is 2. The molecule has 0 heterocycles. The quantitative estimate of drug-likeness (QED) is 0.748. The van der Waals surface area contributed by atoms with E-state index < -0.39 is 11.5 Å². The zero-order chi connectivity index (χ0) is 17.3. The molecule has 0 aliphatic heterocycles. The fourth-order valence-electron chi connectivity index (χ4n) is 7.60. The Morgan fingerprint density at radius 1 is 1.21 bits per heavy atom. The van der Waals surface area contributed by atoms with Crippen molar-refractivity contribution in [2.24, 2.45) is 34.0 Å². The first-order valence-electron chi connectivity index (χ1n) is 9.56. The molecule has 7 atom stereocenters. The highest BCUT2D eigenvalue weighted by atomic mass is 16.5. The molecular formula is C20H30O4. The van der Waals surface area contributed by atoms with Gasteiger partial charge in [-0.15, -0.1) is 0 Å². The third-order valence-electron chi connectivity index (χ3n) is 8.60. The van der Waals surface area contributed by atoms with Crippen LogP contribution in [0.15, 0.2) is 0 Å². The van der Waals surface area contributed by atoms with Crippen molar-refractivity contribution in [3.05, 3.63) is 0 Å². The summed E-state index contributed by atoms with van der Waals surface area (Å²) in [4.78, 5) is 25.0. The van der Waals surface area contributed by atoms with E-state index in [1.807, 2.05) is 0 Å². The number of fused-ring (bicyclic) bond motifs is 3. The number of rotatable bonds is 1. The molecule has 5 rings (SSSR count). The molecule has 5 aliphatic carbocycles. The molecule has 2 bridgehead atoms. The van der Waals surface area contributed by atoms with E-state index in [-0.39, 0.29) is 28.5 Å². The molecule has 4 heteroatoms. The molecule has 1 N–H and O–H groups in total. The maximum absolute atomic E-state index is 12.6. The number of ketones is 1. The molecule has 0 aromatic heterocycles. The van der Waals surface area contributed by atoms with Crippen molar-refractivity contribution >= 4 is 11.8 Å². The maximum atomic E-state index is 12.6. The second-order valence-corrected chi connectivity index (χ2v) is 9.53. The number of aliphatic hydroxyl groups excluding tert-OH is 1. The fraction of sp³-hybridized carbons (Fsp3) is 0.900. The summed E-state index contributed by atoms with van der Waals surface area (Å²) in [6.07, 6.45) is 6.85. The number of esters is 1. The predicted octanol–water partition coefficient (Wildman–Crippen LogP) is 3.11. The zero-order valence-corrected chi connectivity index (χ0v) is 15.1. The first-order valence-corrected chi connectivity index (χ1v) is 9.56. The third-order valence-corrected chi connectivity index (χ3v) is 8.60. The molecule has 0 aromatic rings. The van der Waals surface area contributed by atoms with Gasteiger partial charge in [0.15, 0.2) is 0 Å². The summed E-state index contributed by atoms with van der Waals surface area (Å²) < 4.78 is 5.18. The van der Waals surface area contributed by atoms with Crippen molar-refractivity contribution in [2.45, 2.75) is 71.3 Å². The molecule has 4 nitrogen and oxygen atoms in total. The summed E-state index contributed by atoms with van der Waals surface area (Å²) in [7, 11) is 1.50. The number of methoxy groups -OCH3 is 1. The third kappa shape index (κ3) is 1.89. The standard InChI is InChI=1S/C20H30O4/c1-18-6-4-7-19(2,17(23)24-3)15(18)5-8-20-10-13(21)12(9-16(18)20)14(22)11-20/h12-13,15-16,21H,4-11H2,1-3H3/t12-,13+,15+,16+,18-,19+,20+/m0/s1. The van der Waals surface area contributed by atoms with E-state index in [9.17, 15) is 14.7 Å². The Labute approximate surface area is 144 Å². The molecule has 0 saturated heterocycles. The van der Waals surface area contributed by atoms with Gasteiger partial charge in [0.05, 0.1) is 18.6 Å². The van der Waals surface area contributed by atoms with E-state index in [4.69, 9.17) is 4.74 Å². The normalized spacial score (nSPS) is 53.2. The van der Waals surface area contributed by atoms with Crippen LogP contribution < -0.4 is 0 Å². The minimum absolute atomic E-state index is 0.0229. The smallest absolute Gasteiger partial charge is 0.311 e. The molecule has 0 amide bonds. The number of Topliss-reactive ketones (excluding diaryl/α,β-unsaturated/α-hetero) is 1. The van der Waals surface area contributed by atoms with Gasteiger partial charge in [0, 0.05) is 12.3 Å². The lowest BCUT2D eigenvalue weighted by atomic mass is 9.37. The van der Waals surface area contributed by atoms with Crippen LogP contribution in [0.3, 0.4) is 0 Å². The molecule has 5 aliphatic rings. The molecule has 0 aromatic carbocycles. The van der Waals surface area contributed by atoms with Crippen molar-refractivity contribution in [1.82, 2.24) is 0 Å². The van der Waals surface area contributed by atoms with E-state index in [2.05, 4.69) is 13.8 Å². The van der Waals surface area contributed by atoms with Crippen LogP contribution in [0.2, 0.25) is 0 Å². The summed E-state index contributed by atoms with van der Waals surface area (Å²) in [5.74, 6) is 0.830. The minimum Gasteiger partial charge on any atom is -0.469 e. The number of hydrogen-bond donors (Lipinski definition) is 1. The van der Waals surface area contributed by atoms with Crippen LogP contribution in [0.1, 0.15) is 65.2 Å². The number of hydrogen-bond acceptors (Lipinski definition) is 4. The van der Waals surface area contributed by atoms with E-state index in [0.717, 1.165) is 44.9 Å². The summed E-state index contributed by atoms with van der Waals surface area (Å²) in [6, 6.07) is 0. The number of ether oxygens (including phenoxy) is 1. The molecule has 5 saturated carbocycles. The molecule has 0 radical (unpaired) electrons.